The molecule has 5 nitrogen and oxygen atoms in total. The monoisotopic (exact) mass is 424 g/mol. The van der Waals surface area contributed by atoms with Gasteiger partial charge >= 0.3 is 6.03 Å². The minimum absolute atomic E-state index is 0.210. The van der Waals surface area contributed by atoms with Crippen molar-refractivity contribution in [3.8, 4) is 11.5 Å². The zero-order chi connectivity index (χ0) is 18.6. The quantitative estimate of drug-likeness (QED) is 0.771. The summed E-state index contributed by atoms with van der Waals surface area (Å²) in [7, 11) is 1.53. The van der Waals surface area contributed by atoms with Gasteiger partial charge in [0.2, 0.25) is 0 Å². The van der Waals surface area contributed by atoms with E-state index in [4.69, 9.17) is 9.47 Å². The Kier molecular flexibility index (Phi) is 3.83. The summed E-state index contributed by atoms with van der Waals surface area (Å²) < 4.78 is 39.4. The van der Waals surface area contributed by atoms with Crippen molar-refractivity contribution in [1.82, 2.24) is 5.32 Å². The number of nitrogens with zero attached hydrogens (tertiary/aromatic N) is 1. The van der Waals surface area contributed by atoms with Crippen LogP contribution in [0.2, 0.25) is 0 Å². The van der Waals surface area contributed by atoms with Crippen molar-refractivity contribution in [2.24, 2.45) is 0 Å². The van der Waals surface area contributed by atoms with Crippen LogP contribution in [0.15, 0.2) is 34.8 Å². The molecule has 1 fully saturated rings. The van der Waals surface area contributed by atoms with Gasteiger partial charge in [0.1, 0.15) is 0 Å². The van der Waals surface area contributed by atoms with Gasteiger partial charge < -0.3 is 14.8 Å². The van der Waals surface area contributed by atoms with Gasteiger partial charge in [-0.15, -0.1) is 0 Å². The van der Waals surface area contributed by atoms with Crippen LogP contribution in [0.25, 0.3) is 0 Å². The van der Waals surface area contributed by atoms with E-state index in [1.54, 1.807) is 13.0 Å². The number of nitrogens with one attached hydrogen (secondary N) is 1. The number of benzene rings is 2. The average Bonchev–Trinajstić information content (AvgIpc) is 2.57. The molecule has 2 aliphatic rings. The molecule has 2 aromatic carbocycles. The molecule has 2 bridgehead atoms. The number of amides is 2. The second-order valence-corrected chi connectivity index (χ2v) is 7.36. The van der Waals surface area contributed by atoms with Gasteiger partial charge in [0.15, 0.2) is 28.9 Å². The number of ether oxygens (including phenoxy) is 2. The third-order valence-corrected chi connectivity index (χ3v) is 5.14. The highest BCUT2D eigenvalue weighted by atomic mass is 79.9. The van der Waals surface area contributed by atoms with Crippen molar-refractivity contribution >= 4 is 27.6 Å². The zero-order valence-electron chi connectivity index (χ0n) is 14.0. The van der Waals surface area contributed by atoms with Crippen LogP contribution in [0, 0.1) is 11.6 Å². The predicted octanol–water partition coefficient (Wildman–Crippen LogP) is 4.51. The maximum absolute atomic E-state index is 13.7. The summed E-state index contributed by atoms with van der Waals surface area (Å²) in [5, 5.41) is 2.90. The molecule has 1 saturated heterocycles. The van der Waals surface area contributed by atoms with Gasteiger partial charge in [-0.05, 0) is 31.2 Å². The Morgan fingerprint density at radius 3 is 2.77 bits per heavy atom. The molecule has 2 aromatic rings. The first-order chi connectivity index (χ1) is 12.3. The third kappa shape index (κ3) is 2.51. The normalized spacial score (nSPS) is 23.8. The number of anilines is 1. The number of rotatable bonds is 2. The summed E-state index contributed by atoms with van der Waals surface area (Å²) in [4.78, 5) is 14.0. The maximum Gasteiger partial charge on any atom is 0.325 e. The van der Waals surface area contributed by atoms with E-state index in [-0.39, 0.29) is 11.7 Å². The Morgan fingerprint density at radius 2 is 2.08 bits per heavy atom. The zero-order valence-corrected chi connectivity index (χ0v) is 15.6. The molecule has 2 atom stereocenters. The lowest BCUT2D eigenvalue weighted by molar-refractivity contribution is 0.0348. The van der Waals surface area contributed by atoms with Crippen molar-refractivity contribution in [3.63, 3.8) is 0 Å². The molecule has 0 aromatic heterocycles. The summed E-state index contributed by atoms with van der Waals surface area (Å²) >= 11 is 3.43. The topological polar surface area (TPSA) is 50.8 Å². The molecule has 0 spiro atoms. The SMILES string of the molecule is COc1cc(Br)cc2c1O[C@@]1(C)C[C@@H]2NC(=O)N1c1ccc(F)c(F)c1. The standard InChI is InChI=1S/C18H15BrF2N2O3/c1-18-8-14(11-5-9(19)6-15(25-2)16(11)26-18)22-17(24)23(18)10-3-4-12(20)13(21)7-10/h3-7,14H,8H2,1-2H3,(H,22,24)/t14-,18-/m0/s1. The van der Waals surface area contributed by atoms with Gasteiger partial charge in [0, 0.05) is 22.5 Å². The lowest BCUT2D eigenvalue weighted by Crippen LogP contribution is -2.65. The summed E-state index contributed by atoms with van der Waals surface area (Å²) in [5.74, 6) is -0.969. The van der Waals surface area contributed by atoms with Crippen LogP contribution in [-0.4, -0.2) is 18.9 Å². The first-order valence-electron chi connectivity index (χ1n) is 7.94. The second-order valence-electron chi connectivity index (χ2n) is 6.44. The predicted molar refractivity (Wildman–Crippen MR) is 94.5 cm³/mol. The molecule has 0 saturated carbocycles. The fraction of sp³-hybridized carbons (Fsp3) is 0.278. The third-order valence-electron chi connectivity index (χ3n) is 4.68. The number of urea groups is 1. The summed E-state index contributed by atoms with van der Waals surface area (Å²) in [6.45, 7) is 1.74. The molecular weight excluding hydrogens is 410 g/mol. The molecule has 2 heterocycles. The van der Waals surface area contributed by atoms with Crippen molar-refractivity contribution in [2.45, 2.75) is 25.1 Å². The minimum Gasteiger partial charge on any atom is -0.493 e. The summed E-state index contributed by atoms with van der Waals surface area (Å²) in [6, 6.07) is 6.23. The van der Waals surface area contributed by atoms with Gasteiger partial charge in [-0.1, -0.05) is 15.9 Å². The number of carbonyl (C=O) groups is 1. The van der Waals surface area contributed by atoms with Crippen LogP contribution in [0.5, 0.6) is 11.5 Å². The van der Waals surface area contributed by atoms with Crippen molar-refractivity contribution in [1.29, 1.82) is 0 Å². The molecule has 4 rings (SSSR count). The summed E-state index contributed by atoms with van der Waals surface area (Å²) in [6.07, 6.45) is 0.435. The molecule has 136 valence electrons. The minimum atomic E-state index is -1.08. The van der Waals surface area contributed by atoms with Crippen LogP contribution in [0.3, 0.4) is 0 Å². The fourth-order valence-electron chi connectivity index (χ4n) is 3.57. The highest BCUT2D eigenvalue weighted by molar-refractivity contribution is 9.10. The lowest BCUT2D eigenvalue weighted by atomic mass is 9.90. The maximum atomic E-state index is 13.7. The highest BCUT2D eigenvalue weighted by Gasteiger charge is 2.50. The number of hydrogen-bond donors (Lipinski definition) is 1. The Hall–Kier alpha value is -2.35. The number of carbonyl (C=O) groups excluding carboxylic acids is 1. The number of fused-ring (bicyclic) bond motifs is 4. The van der Waals surface area contributed by atoms with E-state index in [2.05, 4.69) is 21.2 Å². The van der Waals surface area contributed by atoms with E-state index in [0.717, 1.165) is 22.2 Å². The first-order valence-corrected chi connectivity index (χ1v) is 8.74. The molecule has 1 N–H and O–H groups in total. The van der Waals surface area contributed by atoms with E-state index in [0.29, 0.717) is 17.9 Å². The Balaban J connectivity index is 1.83. The van der Waals surface area contributed by atoms with E-state index in [9.17, 15) is 13.6 Å². The van der Waals surface area contributed by atoms with Gasteiger partial charge in [0.25, 0.3) is 0 Å². The molecule has 0 unspecified atom stereocenters. The molecule has 0 aliphatic carbocycles. The van der Waals surface area contributed by atoms with E-state index in [1.165, 1.54) is 18.1 Å². The van der Waals surface area contributed by atoms with Gasteiger partial charge in [-0.2, -0.15) is 0 Å². The lowest BCUT2D eigenvalue weighted by Gasteiger charge is -2.50. The Labute approximate surface area is 157 Å². The van der Waals surface area contributed by atoms with Crippen LogP contribution < -0.4 is 19.7 Å². The van der Waals surface area contributed by atoms with Gasteiger partial charge in [0.05, 0.1) is 18.8 Å². The summed E-state index contributed by atoms with van der Waals surface area (Å²) in [5.41, 5.74) is -0.0698. The number of halogens is 3. The number of methoxy groups -OCH3 is 1. The smallest absolute Gasteiger partial charge is 0.325 e. The van der Waals surface area contributed by atoms with Crippen LogP contribution >= 0.6 is 15.9 Å². The Morgan fingerprint density at radius 1 is 1.31 bits per heavy atom. The van der Waals surface area contributed by atoms with Crippen LogP contribution in [0.1, 0.15) is 24.9 Å². The molecule has 2 aliphatic heterocycles. The van der Waals surface area contributed by atoms with Crippen LogP contribution in [0.4, 0.5) is 19.3 Å². The highest BCUT2D eigenvalue weighted by Crippen LogP contribution is 2.50. The van der Waals surface area contributed by atoms with E-state index < -0.39 is 23.4 Å². The fourth-order valence-corrected chi connectivity index (χ4v) is 4.02. The molecule has 0 radical (unpaired) electrons. The van der Waals surface area contributed by atoms with Crippen LogP contribution in [-0.2, 0) is 0 Å². The molecule has 8 heteroatoms. The van der Waals surface area contributed by atoms with Gasteiger partial charge in [-0.25, -0.2) is 13.6 Å². The first kappa shape index (κ1) is 17.1. The molecule has 2 amide bonds. The Bertz CT molecular complexity index is 924. The van der Waals surface area contributed by atoms with Gasteiger partial charge in [-0.3, -0.25) is 4.90 Å². The largest absolute Gasteiger partial charge is 0.493 e. The van der Waals surface area contributed by atoms with Crippen molar-refractivity contribution in [2.75, 3.05) is 12.0 Å². The molecule has 26 heavy (non-hydrogen) atoms. The molecular formula is C18H15BrF2N2O3. The van der Waals surface area contributed by atoms with E-state index >= 15 is 0 Å². The van der Waals surface area contributed by atoms with Crippen molar-refractivity contribution < 1.29 is 23.0 Å². The number of hydrogen-bond acceptors (Lipinski definition) is 3. The van der Waals surface area contributed by atoms with E-state index in [1.807, 2.05) is 6.07 Å². The van der Waals surface area contributed by atoms with Crippen molar-refractivity contribution in [3.05, 3.63) is 52.0 Å². The second kappa shape index (κ2) is 5.84. The average molecular weight is 425 g/mol.